The van der Waals surface area contributed by atoms with Crippen molar-refractivity contribution in [3.8, 4) is 11.3 Å². The summed E-state index contributed by atoms with van der Waals surface area (Å²) in [4.78, 5) is 40.0. The standard InChI is InChI=1S/C34H31N5O4S3/c1-4-44-34-39-38-33(46-34)37-30(40)22(3)45-27-17-14-25(15-18-27)35-32(42)28(36-31(41)24-8-6-5-7-9-24)20-26-16-19-29(43-26)23-12-10-21(2)11-13-23/h5-20,22H,4H2,1-3H3,(H,35,42)(H,36,41)(H,37,38,40)/b28-20-/t22-/m0/s1. The molecule has 0 radical (unpaired) electrons. The zero-order chi connectivity index (χ0) is 32.5. The summed E-state index contributed by atoms with van der Waals surface area (Å²) in [6, 6.07) is 27.2. The Morgan fingerprint density at radius 2 is 1.65 bits per heavy atom. The molecule has 0 unspecified atom stereocenters. The number of amides is 3. The fourth-order valence-electron chi connectivity index (χ4n) is 4.11. The van der Waals surface area contributed by atoms with Gasteiger partial charge in [0, 0.05) is 27.8 Å². The third-order valence-corrected chi connectivity index (χ3v) is 9.44. The summed E-state index contributed by atoms with van der Waals surface area (Å²) in [5.74, 6) is 0.786. The Bertz CT molecular complexity index is 1830. The van der Waals surface area contributed by atoms with Crippen LogP contribution in [0.4, 0.5) is 10.8 Å². The molecule has 0 aliphatic carbocycles. The van der Waals surface area contributed by atoms with E-state index in [4.69, 9.17) is 4.42 Å². The molecule has 2 heterocycles. The zero-order valence-electron chi connectivity index (χ0n) is 25.3. The van der Waals surface area contributed by atoms with E-state index in [0.717, 1.165) is 26.1 Å². The first-order chi connectivity index (χ1) is 22.3. The second-order valence-electron chi connectivity index (χ2n) is 9.98. The molecule has 5 rings (SSSR count). The van der Waals surface area contributed by atoms with Gasteiger partial charge in [0.25, 0.3) is 11.8 Å². The number of aromatic nitrogens is 2. The second kappa shape index (κ2) is 15.6. The quantitative estimate of drug-likeness (QED) is 0.0700. The highest BCUT2D eigenvalue weighted by atomic mass is 32.2. The van der Waals surface area contributed by atoms with E-state index in [-0.39, 0.29) is 11.6 Å². The first kappa shape index (κ1) is 32.7. The van der Waals surface area contributed by atoms with E-state index < -0.39 is 17.1 Å². The van der Waals surface area contributed by atoms with E-state index in [9.17, 15) is 14.4 Å². The second-order valence-corrected chi connectivity index (χ2v) is 13.9. The van der Waals surface area contributed by atoms with Gasteiger partial charge in [0.2, 0.25) is 11.0 Å². The average Bonchev–Trinajstić information content (AvgIpc) is 3.72. The van der Waals surface area contributed by atoms with Gasteiger partial charge in [0.1, 0.15) is 17.2 Å². The molecule has 0 saturated heterocycles. The van der Waals surface area contributed by atoms with Crippen LogP contribution in [0.3, 0.4) is 0 Å². The predicted molar refractivity (Wildman–Crippen MR) is 186 cm³/mol. The molecular formula is C34H31N5O4S3. The van der Waals surface area contributed by atoms with Crippen molar-refractivity contribution in [2.24, 2.45) is 0 Å². The molecule has 3 aromatic carbocycles. The summed E-state index contributed by atoms with van der Waals surface area (Å²) in [7, 11) is 0. The number of carbonyl (C=O) groups is 3. The SMILES string of the molecule is CCSc1nnc(NC(=O)[C@H](C)Sc2ccc(NC(=O)/C(=C/c3ccc(-c4ccc(C)cc4)o3)NC(=O)c3ccccc3)cc2)s1. The lowest BCUT2D eigenvalue weighted by Gasteiger charge is -2.12. The monoisotopic (exact) mass is 669 g/mol. The van der Waals surface area contributed by atoms with Gasteiger partial charge in [-0.3, -0.25) is 19.7 Å². The molecule has 0 spiro atoms. The number of rotatable bonds is 12. The van der Waals surface area contributed by atoms with Crippen molar-refractivity contribution in [2.75, 3.05) is 16.4 Å². The third kappa shape index (κ3) is 8.96. The van der Waals surface area contributed by atoms with Gasteiger partial charge >= 0.3 is 0 Å². The minimum absolute atomic E-state index is 0.0135. The topological polar surface area (TPSA) is 126 Å². The molecule has 0 aliphatic heterocycles. The highest BCUT2D eigenvalue weighted by Crippen LogP contribution is 2.29. The average molecular weight is 670 g/mol. The van der Waals surface area contributed by atoms with Crippen molar-refractivity contribution in [3.05, 3.63) is 114 Å². The van der Waals surface area contributed by atoms with Crippen LogP contribution in [0.25, 0.3) is 17.4 Å². The number of nitrogens with zero attached hydrogens (tertiary/aromatic N) is 2. The molecular weight excluding hydrogens is 639 g/mol. The van der Waals surface area contributed by atoms with Crippen molar-refractivity contribution < 1.29 is 18.8 Å². The highest BCUT2D eigenvalue weighted by molar-refractivity contribution is 8.01. The van der Waals surface area contributed by atoms with Gasteiger partial charge in [-0.1, -0.05) is 78.1 Å². The van der Waals surface area contributed by atoms with Gasteiger partial charge in [-0.15, -0.1) is 22.0 Å². The van der Waals surface area contributed by atoms with Crippen LogP contribution >= 0.6 is 34.9 Å². The van der Waals surface area contributed by atoms with Crippen molar-refractivity contribution in [3.63, 3.8) is 0 Å². The molecule has 0 bridgehead atoms. The zero-order valence-corrected chi connectivity index (χ0v) is 27.7. The number of aryl methyl sites for hydroxylation is 1. The lowest BCUT2D eigenvalue weighted by atomic mass is 10.1. The molecule has 0 saturated carbocycles. The molecule has 12 heteroatoms. The van der Waals surface area contributed by atoms with E-state index in [1.54, 1.807) is 54.2 Å². The molecule has 0 aliphatic rings. The van der Waals surface area contributed by atoms with Crippen molar-refractivity contribution >= 4 is 69.5 Å². The summed E-state index contributed by atoms with van der Waals surface area (Å²) < 4.78 is 6.81. The van der Waals surface area contributed by atoms with E-state index in [1.807, 2.05) is 69.3 Å². The summed E-state index contributed by atoms with van der Waals surface area (Å²) in [6.45, 7) is 5.85. The van der Waals surface area contributed by atoms with Gasteiger partial charge in [-0.05, 0) is 68.1 Å². The number of furan rings is 1. The summed E-state index contributed by atoms with van der Waals surface area (Å²) in [5.41, 5.74) is 2.97. The highest BCUT2D eigenvalue weighted by Gasteiger charge is 2.19. The smallest absolute Gasteiger partial charge is 0.272 e. The molecule has 234 valence electrons. The normalized spacial score (nSPS) is 11.9. The Labute approximate surface area is 279 Å². The number of hydrogen-bond donors (Lipinski definition) is 3. The van der Waals surface area contributed by atoms with Crippen molar-refractivity contribution in [1.82, 2.24) is 15.5 Å². The molecule has 3 amide bonds. The van der Waals surface area contributed by atoms with E-state index in [2.05, 4.69) is 26.1 Å². The van der Waals surface area contributed by atoms with E-state index >= 15 is 0 Å². The largest absolute Gasteiger partial charge is 0.457 e. The molecule has 9 nitrogen and oxygen atoms in total. The van der Waals surface area contributed by atoms with E-state index in [0.29, 0.717) is 27.9 Å². The van der Waals surface area contributed by atoms with Crippen LogP contribution in [-0.4, -0.2) is 38.9 Å². The Morgan fingerprint density at radius 1 is 0.913 bits per heavy atom. The number of anilines is 2. The van der Waals surface area contributed by atoms with Gasteiger partial charge < -0.3 is 15.1 Å². The maximum Gasteiger partial charge on any atom is 0.272 e. The first-order valence-corrected chi connectivity index (χ1v) is 17.1. The fraction of sp³-hybridized carbons (Fsp3) is 0.147. The minimum atomic E-state index is -0.525. The van der Waals surface area contributed by atoms with Crippen molar-refractivity contribution in [1.29, 1.82) is 0 Å². The third-order valence-electron chi connectivity index (χ3n) is 6.48. The molecule has 0 fully saturated rings. The molecule has 46 heavy (non-hydrogen) atoms. The van der Waals surface area contributed by atoms with Crippen LogP contribution in [-0.2, 0) is 9.59 Å². The molecule has 1 atom stereocenters. The van der Waals surface area contributed by atoms with E-state index in [1.165, 1.54) is 29.2 Å². The number of hydrogen-bond acceptors (Lipinski definition) is 9. The maximum atomic E-state index is 13.5. The van der Waals surface area contributed by atoms with Crippen LogP contribution in [0.15, 0.2) is 110 Å². The van der Waals surface area contributed by atoms with Crippen LogP contribution in [0.2, 0.25) is 0 Å². The van der Waals surface area contributed by atoms with Crippen LogP contribution in [0, 0.1) is 6.92 Å². The lowest BCUT2D eigenvalue weighted by Crippen LogP contribution is -2.30. The van der Waals surface area contributed by atoms with Gasteiger partial charge in [0.05, 0.1) is 5.25 Å². The van der Waals surface area contributed by atoms with Crippen LogP contribution in [0.5, 0.6) is 0 Å². The first-order valence-electron chi connectivity index (χ1n) is 14.4. The van der Waals surface area contributed by atoms with Gasteiger partial charge in [0.15, 0.2) is 4.34 Å². The van der Waals surface area contributed by atoms with Gasteiger partial charge in [-0.25, -0.2) is 0 Å². The lowest BCUT2D eigenvalue weighted by molar-refractivity contribution is -0.115. The summed E-state index contributed by atoms with van der Waals surface area (Å²) in [6.07, 6.45) is 1.50. The summed E-state index contributed by atoms with van der Waals surface area (Å²) in [5, 5.41) is 16.6. The molecule has 2 aromatic heterocycles. The summed E-state index contributed by atoms with van der Waals surface area (Å²) >= 11 is 4.29. The number of thioether (sulfide) groups is 2. The number of carbonyl (C=O) groups excluding carboxylic acids is 3. The Hall–Kier alpha value is -4.65. The number of benzene rings is 3. The van der Waals surface area contributed by atoms with Gasteiger partial charge in [-0.2, -0.15) is 0 Å². The van der Waals surface area contributed by atoms with Crippen LogP contribution < -0.4 is 16.0 Å². The fourth-order valence-corrected chi connectivity index (χ4v) is 6.63. The number of nitrogens with one attached hydrogen (secondary N) is 3. The molecule has 3 N–H and O–H groups in total. The Morgan fingerprint density at radius 3 is 2.37 bits per heavy atom. The van der Waals surface area contributed by atoms with Crippen molar-refractivity contribution in [2.45, 2.75) is 35.3 Å². The molecule has 5 aromatic rings. The Kier molecular flexibility index (Phi) is 11.1. The minimum Gasteiger partial charge on any atom is -0.457 e. The maximum absolute atomic E-state index is 13.5. The Balaban J connectivity index is 1.26. The van der Waals surface area contributed by atoms with Crippen LogP contribution in [0.1, 0.15) is 35.5 Å². The predicted octanol–water partition coefficient (Wildman–Crippen LogP) is 7.75.